The van der Waals surface area contributed by atoms with Crippen molar-refractivity contribution in [3.8, 4) is 0 Å². The van der Waals surface area contributed by atoms with Gasteiger partial charge in [-0.1, -0.05) is 42.3 Å². The number of nitrogens with zero attached hydrogens (tertiary/aromatic N) is 1. The Balaban J connectivity index is 1.93. The average Bonchev–Trinajstić information content (AvgIpc) is 2.68. The minimum absolute atomic E-state index is 0.0268. The molecule has 150 valence electrons. The number of hydrogen-bond acceptors (Lipinski definition) is 4. The van der Waals surface area contributed by atoms with Crippen molar-refractivity contribution in [3.63, 3.8) is 0 Å². The van der Waals surface area contributed by atoms with Crippen LogP contribution in [0.5, 0.6) is 0 Å². The number of aryl methyl sites for hydroxylation is 1. The molecule has 0 atom stereocenters. The van der Waals surface area contributed by atoms with Gasteiger partial charge in [0.05, 0.1) is 28.8 Å². The zero-order valence-electron chi connectivity index (χ0n) is 15.2. The molecular weight excluding hydrogens is 423 g/mol. The highest BCUT2D eigenvalue weighted by Crippen LogP contribution is 2.31. The van der Waals surface area contributed by atoms with Crippen LogP contribution >= 0.6 is 23.2 Å². The highest BCUT2D eigenvalue weighted by atomic mass is 35.5. The molecule has 0 spiro atoms. The van der Waals surface area contributed by atoms with Crippen molar-refractivity contribution in [3.05, 3.63) is 57.6 Å². The molecule has 1 fully saturated rings. The van der Waals surface area contributed by atoms with Crippen LogP contribution in [0.25, 0.3) is 0 Å². The zero-order chi connectivity index (χ0) is 20.3. The molecule has 1 amide bonds. The van der Waals surface area contributed by atoms with E-state index in [-0.39, 0.29) is 33.6 Å². The lowest BCUT2D eigenvalue weighted by Crippen LogP contribution is -2.40. The molecule has 2 aromatic rings. The Morgan fingerprint density at radius 1 is 1.14 bits per heavy atom. The molecule has 1 aliphatic heterocycles. The number of rotatable bonds is 5. The molecule has 1 saturated heterocycles. The molecule has 0 aliphatic carbocycles. The summed E-state index contributed by atoms with van der Waals surface area (Å²) in [7, 11) is -3.87. The lowest BCUT2D eigenvalue weighted by atomic mass is 10.1. The SMILES string of the molecule is CCc1cccc(NC(=O)c2cc(S(=O)(=O)N3CCOCC3)c(Cl)cc2Cl)c1. The van der Waals surface area contributed by atoms with E-state index in [4.69, 9.17) is 27.9 Å². The summed E-state index contributed by atoms with van der Waals surface area (Å²) >= 11 is 12.3. The molecule has 2 aromatic carbocycles. The van der Waals surface area contributed by atoms with Crippen molar-refractivity contribution >= 4 is 44.8 Å². The average molecular weight is 443 g/mol. The number of amides is 1. The van der Waals surface area contributed by atoms with E-state index in [1.165, 1.54) is 16.4 Å². The van der Waals surface area contributed by atoms with Crippen molar-refractivity contribution in [2.24, 2.45) is 0 Å². The highest BCUT2D eigenvalue weighted by Gasteiger charge is 2.30. The monoisotopic (exact) mass is 442 g/mol. The van der Waals surface area contributed by atoms with E-state index in [1.54, 1.807) is 6.07 Å². The summed E-state index contributed by atoms with van der Waals surface area (Å²) in [5.74, 6) is -0.506. The normalized spacial score (nSPS) is 15.4. The molecule has 1 heterocycles. The molecule has 28 heavy (non-hydrogen) atoms. The van der Waals surface area contributed by atoms with Crippen molar-refractivity contribution in [1.82, 2.24) is 4.31 Å². The number of hydrogen-bond donors (Lipinski definition) is 1. The first-order valence-electron chi connectivity index (χ1n) is 8.80. The Labute approximate surface area is 174 Å². The van der Waals surface area contributed by atoms with Crippen molar-refractivity contribution in [2.45, 2.75) is 18.2 Å². The van der Waals surface area contributed by atoms with Crippen LogP contribution in [-0.4, -0.2) is 44.9 Å². The van der Waals surface area contributed by atoms with Crippen LogP contribution in [0.15, 0.2) is 41.3 Å². The molecule has 0 saturated carbocycles. The summed E-state index contributed by atoms with van der Waals surface area (Å²) in [5.41, 5.74) is 1.71. The summed E-state index contributed by atoms with van der Waals surface area (Å²) in [6.07, 6.45) is 0.827. The van der Waals surface area contributed by atoms with Gasteiger partial charge in [-0.05, 0) is 36.2 Å². The Morgan fingerprint density at radius 2 is 1.86 bits per heavy atom. The van der Waals surface area contributed by atoms with Gasteiger partial charge in [0, 0.05) is 18.8 Å². The van der Waals surface area contributed by atoms with Gasteiger partial charge in [0.2, 0.25) is 10.0 Å². The van der Waals surface area contributed by atoms with Crippen LogP contribution in [0.3, 0.4) is 0 Å². The molecule has 3 rings (SSSR count). The highest BCUT2D eigenvalue weighted by molar-refractivity contribution is 7.89. The molecule has 1 N–H and O–H groups in total. The van der Waals surface area contributed by atoms with Gasteiger partial charge in [0.25, 0.3) is 5.91 Å². The van der Waals surface area contributed by atoms with Crippen molar-refractivity contribution in [2.75, 3.05) is 31.6 Å². The van der Waals surface area contributed by atoms with Crippen LogP contribution in [0, 0.1) is 0 Å². The Bertz CT molecular complexity index is 989. The van der Waals surface area contributed by atoms with Gasteiger partial charge in [-0.3, -0.25) is 4.79 Å². The predicted molar refractivity (Wildman–Crippen MR) is 110 cm³/mol. The molecular formula is C19H20Cl2N2O4S. The third kappa shape index (κ3) is 4.50. The standard InChI is InChI=1S/C19H20Cl2N2O4S/c1-2-13-4-3-5-14(10-13)22-19(24)15-11-18(17(21)12-16(15)20)28(25,26)23-6-8-27-9-7-23/h3-5,10-12H,2,6-9H2,1H3,(H,22,24). The van der Waals surface area contributed by atoms with Gasteiger partial charge in [0.1, 0.15) is 4.90 Å². The van der Waals surface area contributed by atoms with E-state index in [1.807, 2.05) is 25.1 Å². The van der Waals surface area contributed by atoms with E-state index in [2.05, 4.69) is 5.32 Å². The second-order valence-corrected chi connectivity index (χ2v) is 9.01. The van der Waals surface area contributed by atoms with Crippen LogP contribution in [0.2, 0.25) is 10.0 Å². The largest absolute Gasteiger partial charge is 0.379 e. The number of carbonyl (C=O) groups is 1. The van der Waals surface area contributed by atoms with Crippen LogP contribution in [0.1, 0.15) is 22.8 Å². The number of sulfonamides is 1. The van der Waals surface area contributed by atoms with Gasteiger partial charge in [-0.2, -0.15) is 4.31 Å². The summed E-state index contributed by atoms with van der Waals surface area (Å²) in [6, 6.07) is 9.92. The third-order valence-corrected chi connectivity index (χ3v) is 7.12. The number of morpholine rings is 1. The van der Waals surface area contributed by atoms with E-state index >= 15 is 0 Å². The first-order chi connectivity index (χ1) is 13.3. The molecule has 9 heteroatoms. The number of carbonyl (C=O) groups excluding carboxylic acids is 1. The fourth-order valence-corrected chi connectivity index (χ4v) is 5.14. The van der Waals surface area contributed by atoms with Crippen molar-refractivity contribution in [1.29, 1.82) is 0 Å². The number of nitrogens with one attached hydrogen (secondary N) is 1. The topological polar surface area (TPSA) is 75.7 Å². The smallest absolute Gasteiger partial charge is 0.257 e. The van der Waals surface area contributed by atoms with Crippen LogP contribution in [-0.2, 0) is 21.2 Å². The second-order valence-electron chi connectivity index (χ2n) is 6.29. The second kappa shape index (κ2) is 8.80. The molecule has 6 nitrogen and oxygen atoms in total. The van der Waals surface area contributed by atoms with E-state index in [0.717, 1.165) is 12.0 Å². The summed E-state index contributed by atoms with van der Waals surface area (Å²) in [6.45, 7) is 3.09. The lowest BCUT2D eigenvalue weighted by Gasteiger charge is -2.26. The van der Waals surface area contributed by atoms with Gasteiger partial charge in [-0.15, -0.1) is 0 Å². The molecule has 0 unspecified atom stereocenters. The molecule has 0 aromatic heterocycles. The van der Waals surface area contributed by atoms with Gasteiger partial charge in [0.15, 0.2) is 0 Å². The van der Waals surface area contributed by atoms with E-state index < -0.39 is 15.9 Å². The molecule has 0 bridgehead atoms. The fourth-order valence-electron chi connectivity index (χ4n) is 2.89. The lowest BCUT2D eigenvalue weighted by molar-refractivity contribution is 0.0730. The maximum Gasteiger partial charge on any atom is 0.257 e. The number of anilines is 1. The zero-order valence-corrected chi connectivity index (χ0v) is 17.6. The first kappa shape index (κ1) is 21.1. The summed E-state index contributed by atoms with van der Waals surface area (Å²) in [4.78, 5) is 12.6. The molecule has 1 aliphatic rings. The fraction of sp³-hybridized carbons (Fsp3) is 0.316. The predicted octanol–water partition coefficient (Wildman–Crippen LogP) is 3.83. The first-order valence-corrected chi connectivity index (χ1v) is 11.0. The third-order valence-electron chi connectivity index (χ3n) is 4.45. The maximum atomic E-state index is 12.9. The van der Waals surface area contributed by atoms with Gasteiger partial charge < -0.3 is 10.1 Å². The number of halogens is 2. The van der Waals surface area contributed by atoms with Gasteiger partial charge in [-0.25, -0.2) is 8.42 Å². The molecule has 0 radical (unpaired) electrons. The summed E-state index contributed by atoms with van der Waals surface area (Å²) < 4.78 is 32.4. The number of benzene rings is 2. The minimum Gasteiger partial charge on any atom is -0.379 e. The quantitative estimate of drug-likeness (QED) is 0.762. The Kier molecular flexibility index (Phi) is 6.62. The maximum absolute atomic E-state index is 12.9. The van der Waals surface area contributed by atoms with Crippen LogP contribution in [0.4, 0.5) is 5.69 Å². The van der Waals surface area contributed by atoms with Crippen molar-refractivity contribution < 1.29 is 17.9 Å². The van der Waals surface area contributed by atoms with E-state index in [9.17, 15) is 13.2 Å². The summed E-state index contributed by atoms with van der Waals surface area (Å²) in [5, 5.41) is 2.81. The number of ether oxygens (including phenoxy) is 1. The van der Waals surface area contributed by atoms with Gasteiger partial charge >= 0.3 is 0 Å². The Morgan fingerprint density at radius 3 is 2.54 bits per heavy atom. The van der Waals surface area contributed by atoms with E-state index in [0.29, 0.717) is 18.9 Å². The Hall–Kier alpha value is -1.64. The van der Waals surface area contributed by atoms with Crippen LogP contribution < -0.4 is 5.32 Å². The minimum atomic E-state index is -3.87.